The van der Waals surface area contributed by atoms with Gasteiger partial charge in [0, 0.05) is 18.3 Å². The van der Waals surface area contributed by atoms with Crippen molar-refractivity contribution in [3.63, 3.8) is 0 Å². The van der Waals surface area contributed by atoms with E-state index in [1.807, 2.05) is 20.8 Å². The molecule has 0 aliphatic heterocycles. The lowest BCUT2D eigenvalue weighted by atomic mass is 10.1. The quantitative estimate of drug-likeness (QED) is 0.846. The van der Waals surface area contributed by atoms with Gasteiger partial charge in [-0.25, -0.2) is 14.8 Å². The third-order valence-electron chi connectivity index (χ3n) is 2.67. The van der Waals surface area contributed by atoms with E-state index in [9.17, 15) is 9.59 Å². The largest absolute Gasteiger partial charge is 0.481 e. The highest BCUT2D eigenvalue weighted by Gasteiger charge is 2.26. The normalized spacial score (nSPS) is 10.9. The van der Waals surface area contributed by atoms with Crippen molar-refractivity contribution in [2.24, 2.45) is 0 Å². The highest BCUT2D eigenvalue weighted by molar-refractivity contribution is 5.76. The lowest BCUT2D eigenvalue weighted by Crippen LogP contribution is -2.51. The minimum absolute atomic E-state index is 0.0851. The molecule has 1 heterocycles. The third-order valence-corrected chi connectivity index (χ3v) is 2.67. The molecule has 1 aromatic heterocycles. The molecule has 0 unspecified atom stereocenters. The van der Waals surface area contributed by atoms with E-state index in [0.717, 1.165) is 0 Å². The molecule has 0 fully saturated rings. The first-order valence-electron chi connectivity index (χ1n) is 6.33. The predicted molar refractivity (Wildman–Crippen MR) is 73.0 cm³/mol. The molecule has 7 heteroatoms. The Kier molecular flexibility index (Phi) is 5.42. The van der Waals surface area contributed by atoms with Gasteiger partial charge >= 0.3 is 12.0 Å². The van der Waals surface area contributed by atoms with Crippen LogP contribution in [0.15, 0.2) is 18.6 Å². The number of hydrogen-bond acceptors (Lipinski definition) is 4. The number of hydrogen-bond donors (Lipinski definition) is 2. The number of amides is 2. The molecule has 0 saturated carbocycles. The second-order valence-electron chi connectivity index (χ2n) is 5.33. The Hall–Kier alpha value is -2.18. The zero-order valence-corrected chi connectivity index (χ0v) is 12.0. The van der Waals surface area contributed by atoms with Crippen molar-refractivity contribution in [1.29, 1.82) is 0 Å². The highest BCUT2D eigenvalue weighted by Crippen LogP contribution is 2.14. The van der Waals surface area contributed by atoms with Gasteiger partial charge in [-0.15, -0.1) is 0 Å². The van der Waals surface area contributed by atoms with Crippen LogP contribution in [-0.4, -0.2) is 44.1 Å². The van der Waals surface area contributed by atoms with E-state index in [4.69, 9.17) is 5.11 Å². The summed E-state index contributed by atoms with van der Waals surface area (Å²) in [5, 5.41) is 11.5. The smallest absolute Gasteiger partial charge is 0.318 e. The maximum Gasteiger partial charge on any atom is 0.318 e. The van der Waals surface area contributed by atoms with Gasteiger partial charge in [0.05, 0.1) is 18.7 Å². The van der Waals surface area contributed by atoms with E-state index in [0.29, 0.717) is 5.69 Å². The molecular weight excluding hydrogens is 260 g/mol. The monoisotopic (exact) mass is 280 g/mol. The van der Waals surface area contributed by atoms with Gasteiger partial charge in [-0.3, -0.25) is 4.79 Å². The van der Waals surface area contributed by atoms with Crippen LogP contribution in [0.1, 0.15) is 32.9 Å². The first kappa shape index (κ1) is 15.9. The molecule has 7 nitrogen and oxygen atoms in total. The number of carbonyl (C=O) groups is 2. The molecule has 0 aliphatic rings. The Morgan fingerprint density at radius 1 is 1.40 bits per heavy atom. The molecule has 110 valence electrons. The fraction of sp³-hybridized carbons (Fsp3) is 0.538. The summed E-state index contributed by atoms with van der Waals surface area (Å²) >= 11 is 0. The Morgan fingerprint density at radius 3 is 2.60 bits per heavy atom. The maximum atomic E-state index is 12.2. The van der Waals surface area contributed by atoms with Gasteiger partial charge in [-0.1, -0.05) is 0 Å². The van der Waals surface area contributed by atoms with Crippen LogP contribution in [0.4, 0.5) is 4.79 Å². The van der Waals surface area contributed by atoms with Gasteiger partial charge in [0.15, 0.2) is 0 Å². The first-order chi connectivity index (χ1) is 9.30. The van der Waals surface area contributed by atoms with E-state index in [1.165, 1.54) is 11.2 Å². The molecule has 0 spiro atoms. The summed E-state index contributed by atoms with van der Waals surface area (Å²) in [4.78, 5) is 32.1. The predicted octanol–water partition coefficient (Wildman–Crippen LogP) is 1.26. The summed E-state index contributed by atoms with van der Waals surface area (Å²) in [5.74, 6) is -0.928. The molecule has 0 saturated heterocycles. The van der Waals surface area contributed by atoms with Gasteiger partial charge in [0.2, 0.25) is 0 Å². The summed E-state index contributed by atoms with van der Waals surface area (Å²) in [7, 11) is 0. The van der Waals surface area contributed by atoms with E-state index in [1.54, 1.807) is 12.3 Å². The van der Waals surface area contributed by atoms with Gasteiger partial charge in [0.1, 0.15) is 6.33 Å². The van der Waals surface area contributed by atoms with Crippen LogP contribution in [0.2, 0.25) is 0 Å². The Morgan fingerprint density at radius 2 is 2.10 bits per heavy atom. The summed E-state index contributed by atoms with van der Waals surface area (Å²) in [6.45, 7) is 6.02. The second kappa shape index (κ2) is 6.83. The van der Waals surface area contributed by atoms with Crippen molar-refractivity contribution in [1.82, 2.24) is 20.2 Å². The number of urea groups is 1. The van der Waals surface area contributed by atoms with Crippen molar-refractivity contribution in [3.8, 4) is 0 Å². The minimum Gasteiger partial charge on any atom is -0.481 e. The SMILES string of the molecule is CC(C)(C)N(CCC(=O)O)C(=O)NCc1ccncn1. The number of aliphatic carboxylic acids is 1. The summed E-state index contributed by atoms with van der Waals surface area (Å²) < 4.78 is 0. The molecule has 0 radical (unpaired) electrons. The molecule has 0 aliphatic carbocycles. The fourth-order valence-electron chi connectivity index (χ4n) is 1.63. The van der Waals surface area contributed by atoms with Crippen LogP contribution in [0, 0.1) is 0 Å². The van der Waals surface area contributed by atoms with Crippen molar-refractivity contribution in [2.45, 2.75) is 39.3 Å². The molecule has 0 bridgehead atoms. The van der Waals surface area contributed by atoms with Crippen LogP contribution >= 0.6 is 0 Å². The van der Waals surface area contributed by atoms with E-state index < -0.39 is 11.5 Å². The molecular formula is C13H20N4O3. The van der Waals surface area contributed by atoms with Crippen molar-refractivity contribution in [2.75, 3.05) is 6.54 Å². The molecule has 2 N–H and O–H groups in total. The van der Waals surface area contributed by atoms with Crippen LogP contribution in [0.3, 0.4) is 0 Å². The van der Waals surface area contributed by atoms with Gasteiger partial charge in [0.25, 0.3) is 0 Å². The van der Waals surface area contributed by atoms with Crippen molar-refractivity contribution in [3.05, 3.63) is 24.3 Å². The van der Waals surface area contributed by atoms with Crippen molar-refractivity contribution >= 4 is 12.0 Å². The maximum absolute atomic E-state index is 12.2. The summed E-state index contributed by atoms with van der Waals surface area (Å²) in [6, 6.07) is 1.40. The van der Waals surface area contributed by atoms with E-state index in [-0.39, 0.29) is 25.5 Å². The summed E-state index contributed by atoms with van der Waals surface area (Å²) in [5.41, 5.74) is 0.242. The number of nitrogens with zero attached hydrogens (tertiary/aromatic N) is 3. The van der Waals surface area contributed by atoms with Crippen LogP contribution < -0.4 is 5.32 Å². The Labute approximate surface area is 118 Å². The number of carboxylic acids is 1. The second-order valence-corrected chi connectivity index (χ2v) is 5.33. The third kappa shape index (κ3) is 5.21. The average Bonchev–Trinajstić information content (AvgIpc) is 2.35. The van der Waals surface area contributed by atoms with Crippen LogP contribution in [0.25, 0.3) is 0 Å². The lowest BCUT2D eigenvalue weighted by Gasteiger charge is -2.35. The minimum atomic E-state index is -0.928. The first-order valence-corrected chi connectivity index (χ1v) is 6.33. The number of carboxylic acid groups (broad SMARTS) is 1. The highest BCUT2D eigenvalue weighted by atomic mass is 16.4. The lowest BCUT2D eigenvalue weighted by molar-refractivity contribution is -0.137. The summed E-state index contributed by atoms with van der Waals surface area (Å²) in [6.07, 6.45) is 2.92. The molecule has 1 aromatic rings. The number of carbonyl (C=O) groups excluding carboxylic acids is 1. The Bertz CT molecular complexity index is 456. The number of aromatic nitrogens is 2. The van der Waals surface area contributed by atoms with E-state index in [2.05, 4.69) is 15.3 Å². The van der Waals surface area contributed by atoms with Crippen LogP contribution in [-0.2, 0) is 11.3 Å². The molecule has 2 amide bonds. The van der Waals surface area contributed by atoms with Crippen molar-refractivity contribution < 1.29 is 14.7 Å². The number of rotatable bonds is 5. The Balaban J connectivity index is 2.61. The molecule has 20 heavy (non-hydrogen) atoms. The molecule has 1 rings (SSSR count). The zero-order chi connectivity index (χ0) is 15.2. The van der Waals surface area contributed by atoms with Gasteiger partial charge in [-0.05, 0) is 26.8 Å². The standard InChI is InChI=1S/C13H20N4O3/c1-13(2,3)17(7-5-11(18)19)12(20)15-8-10-4-6-14-9-16-10/h4,6,9H,5,7-8H2,1-3H3,(H,15,20)(H,18,19). The van der Waals surface area contributed by atoms with Gasteiger partial charge in [-0.2, -0.15) is 0 Å². The zero-order valence-electron chi connectivity index (χ0n) is 12.0. The number of nitrogens with one attached hydrogen (secondary N) is 1. The average molecular weight is 280 g/mol. The fourth-order valence-corrected chi connectivity index (χ4v) is 1.63. The van der Waals surface area contributed by atoms with E-state index >= 15 is 0 Å². The molecule has 0 atom stereocenters. The van der Waals surface area contributed by atoms with Gasteiger partial charge < -0.3 is 15.3 Å². The van der Waals surface area contributed by atoms with Crippen LogP contribution in [0.5, 0.6) is 0 Å². The molecule has 0 aromatic carbocycles. The topological polar surface area (TPSA) is 95.4 Å².